The second-order valence-electron chi connectivity index (χ2n) is 6.59. The molecule has 0 aliphatic heterocycles. The molecular weight excluding hydrogens is 304 g/mol. The van der Waals surface area contributed by atoms with Crippen LogP contribution in [0.2, 0.25) is 0 Å². The molecular formula is C19H32N2O3. The molecule has 0 spiro atoms. The minimum Gasteiger partial charge on any atom is -0.411 e. The van der Waals surface area contributed by atoms with Crippen molar-refractivity contribution in [3.05, 3.63) is 35.4 Å². The number of aliphatic hydroxyl groups excluding tert-OH is 2. The van der Waals surface area contributed by atoms with Crippen molar-refractivity contribution in [2.75, 3.05) is 13.2 Å². The Bertz CT molecular complexity index is 482. The third-order valence-electron chi connectivity index (χ3n) is 4.47. The lowest BCUT2D eigenvalue weighted by Gasteiger charge is -2.24. The maximum Gasteiger partial charge on any atom is 0.0867 e. The molecule has 0 bridgehead atoms. The number of nitrogens with two attached hydrogens (primary N) is 1. The Hall–Kier alpha value is -1.43. The van der Waals surface area contributed by atoms with Gasteiger partial charge in [0.2, 0.25) is 0 Å². The van der Waals surface area contributed by atoms with E-state index >= 15 is 0 Å². The normalized spacial score (nSPS) is 12.6. The first kappa shape index (κ1) is 20.6. The predicted octanol–water partition coefficient (Wildman–Crippen LogP) is 2.84. The number of hydrogen-bond acceptors (Lipinski definition) is 5. The summed E-state index contributed by atoms with van der Waals surface area (Å²) in [7, 11) is 0. The molecule has 0 radical (unpaired) electrons. The molecule has 0 saturated heterocycles. The minimum atomic E-state index is -0.936. The summed E-state index contributed by atoms with van der Waals surface area (Å²) in [6.07, 6.45) is 7.86. The van der Waals surface area contributed by atoms with E-state index in [-0.39, 0.29) is 13.2 Å². The van der Waals surface area contributed by atoms with Crippen LogP contribution in [0.4, 0.5) is 0 Å². The highest BCUT2D eigenvalue weighted by Crippen LogP contribution is 2.15. The van der Waals surface area contributed by atoms with Gasteiger partial charge < -0.3 is 21.2 Å². The number of nitrogens with zero attached hydrogens (tertiary/aromatic N) is 1. The van der Waals surface area contributed by atoms with Gasteiger partial charge in [-0.2, -0.15) is 0 Å². The van der Waals surface area contributed by atoms with Crippen LogP contribution >= 0.6 is 0 Å². The van der Waals surface area contributed by atoms with Gasteiger partial charge in [0.1, 0.15) is 0 Å². The van der Waals surface area contributed by atoms with Crippen LogP contribution in [0.1, 0.15) is 63.0 Å². The molecule has 1 rings (SSSR count). The number of hydrogen-bond donors (Lipinski definition) is 4. The van der Waals surface area contributed by atoms with E-state index in [0.29, 0.717) is 12.8 Å². The van der Waals surface area contributed by atoms with Gasteiger partial charge in [-0.25, -0.2) is 0 Å². The molecule has 0 atom stereocenters. The van der Waals surface area contributed by atoms with E-state index < -0.39 is 5.54 Å². The van der Waals surface area contributed by atoms with Gasteiger partial charge in [-0.3, -0.25) is 0 Å². The predicted molar refractivity (Wildman–Crippen MR) is 97.6 cm³/mol. The molecule has 0 aromatic heterocycles. The van der Waals surface area contributed by atoms with Gasteiger partial charge >= 0.3 is 0 Å². The van der Waals surface area contributed by atoms with E-state index in [1.54, 1.807) is 0 Å². The first-order valence-corrected chi connectivity index (χ1v) is 8.89. The molecule has 24 heavy (non-hydrogen) atoms. The highest BCUT2D eigenvalue weighted by Gasteiger charge is 2.22. The molecule has 0 unspecified atom stereocenters. The Morgan fingerprint density at radius 3 is 2.21 bits per heavy atom. The third-order valence-corrected chi connectivity index (χ3v) is 4.47. The fourth-order valence-corrected chi connectivity index (χ4v) is 2.61. The Morgan fingerprint density at radius 1 is 1.04 bits per heavy atom. The molecule has 5 nitrogen and oxygen atoms in total. The standard InChI is InChI=1S/C19H32N2O3/c1-2-3-4-5-6-7-18(21-24)17-10-8-16(9-11-17)12-13-19(20,14-22)15-23/h8-11,22-24H,2-7,12-15,20H2,1H3/b21-18-. The molecule has 136 valence electrons. The first-order valence-electron chi connectivity index (χ1n) is 8.89. The van der Waals surface area contributed by atoms with Crippen molar-refractivity contribution in [1.29, 1.82) is 0 Å². The number of unbranched alkanes of at least 4 members (excludes halogenated alkanes) is 4. The van der Waals surface area contributed by atoms with Gasteiger partial charge in [-0.15, -0.1) is 0 Å². The third kappa shape index (κ3) is 6.99. The average Bonchev–Trinajstić information content (AvgIpc) is 2.63. The number of rotatable bonds is 12. The van der Waals surface area contributed by atoms with E-state index in [0.717, 1.165) is 36.1 Å². The van der Waals surface area contributed by atoms with E-state index in [1.165, 1.54) is 19.3 Å². The van der Waals surface area contributed by atoms with Gasteiger partial charge in [0.15, 0.2) is 0 Å². The summed E-state index contributed by atoms with van der Waals surface area (Å²) in [4.78, 5) is 0. The van der Waals surface area contributed by atoms with Crippen LogP contribution in [-0.4, -0.2) is 39.9 Å². The number of aliphatic hydroxyl groups is 2. The van der Waals surface area contributed by atoms with Gasteiger partial charge in [0, 0.05) is 0 Å². The second-order valence-corrected chi connectivity index (χ2v) is 6.59. The minimum absolute atomic E-state index is 0.235. The molecule has 0 heterocycles. The molecule has 5 N–H and O–H groups in total. The maximum atomic E-state index is 9.24. The molecule has 1 aromatic rings. The zero-order valence-corrected chi connectivity index (χ0v) is 14.7. The van der Waals surface area contributed by atoms with Crippen LogP contribution in [0.5, 0.6) is 0 Å². The van der Waals surface area contributed by atoms with Crippen LogP contribution in [0, 0.1) is 0 Å². The van der Waals surface area contributed by atoms with Crippen molar-refractivity contribution in [3.8, 4) is 0 Å². The molecule has 0 aliphatic rings. The number of benzene rings is 1. The van der Waals surface area contributed by atoms with E-state index in [1.807, 2.05) is 24.3 Å². The molecule has 5 heteroatoms. The summed E-state index contributed by atoms with van der Waals surface area (Å²) in [6.45, 7) is 1.72. The van der Waals surface area contributed by atoms with E-state index in [9.17, 15) is 15.4 Å². The quantitative estimate of drug-likeness (QED) is 0.204. The monoisotopic (exact) mass is 336 g/mol. The van der Waals surface area contributed by atoms with Gasteiger partial charge in [-0.1, -0.05) is 62.0 Å². The second kappa shape index (κ2) is 11.2. The first-order chi connectivity index (χ1) is 11.6. The number of aryl methyl sites for hydroxylation is 1. The fraction of sp³-hybridized carbons (Fsp3) is 0.632. The zero-order valence-electron chi connectivity index (χ0n) is 14.7. The summed E-state index contributed by atoms with van der Waals surface area (Å²) in [5.74, 6) is 0. The van der Waals surface area contributed by atoms with Crippen molar-refractivity contribution in [1.82, 2.24) is 0 Å². The van der Waals surface area contributed by atoms with Crippen LogP contribution in [0.15, 0.2) is 29.4 Å². The maximum absolute atomic E-state index is 9.24. The van der Waals surface area contributed by atoms with Crippen molar-refractivity contribution in [2.24, 2.45) is 10.9 Å². The fourth-order valence-electron chi connectivity index (χ4n) is 2.61. The van der Waals surface area contributed by atoms with Crippen molar-refractivity contribution < 1.29 is 15.4 Å². The van der Waals surface area contributed by atoms with E-state index in [4.69, 9.17) is 5.73 Å². The zero-order chi connectivity index (χ0) is 17.8. The van der Waals surface area contributed by atoms with Crippen LogP contribution in [0.3, 0.4) is 0 Å². The summed E-state index contributed by atoms with van der Waals surface area (Å²) >= 11 is 0. The Balaban J connectivity index is 2.52. The highest BCUT2D eigenvalue weighted by molar-refractivity contribution is 6.00. The van der Waals surface area contributed by atoms with Gasteiger partial charge in [-0.05, 0) is 36.8 Å². The summed E-state index contributed by atoms with van der Waals surface area (Å²) < 4.78 is 0. The van der Waals surface area contributed by atoms with Gasteiger partial charge in [0.25, 0.3) is 0 Å². The molecule has 1 aromatic carbocycles. The topological polar surface area (TPSA) is 99.1 Å². The lowest BCUT2D eigenvalue weighted by atomic mass is 9.93. The van der Waals surface area contributed by atoms with Crippen LogP contribution < -0.4 is 5.73 Å². The molecule has 0 aliphatic carbocycles. The lowest BCUT2D eigenvalue weighted by Crippen LogP contribution is -2.47. The Kier molecular flexibility index (Phi) is 9.60. The van der Waals surface area contributed by atoms with Crippen LogP contribution in [-0.2, 0) is 6.42 Å². The number of oxime groups is 1. The average molecular weight is 336 g/mol. The molecule has 0 fully saturated rings. The van der Waals surface area contributed by atoms with Crippen LogP contribution in [0.25, 0.3) is 0 Å². The Morgan fingerprint density at radius 2 is 1.67 bits per heavy atom. The van der Waals surface area contributed by atoms with E-state index in [2.05, 4.69) is 12.1 Å². The summed E-state index contributed by atoms with van der Waals surface area (Å²) in [5.41, 5.74) is 7.68. The largest absolute Gasteiger partial charge is 0.411 e. The molecule has 0 amide bonds. The lowest BCUT2D eigenvalue weighted by molar-refractivity contribution is 0.115. The van der Waals surface area contributed by atoms with Crippen molar-refractivity contribution in [3.63, 3.8) is 0 Å². The summed E-state index contributed by atoms with van der Waals surface area (Å²) in [6, 6.07) is 7.86. The Labute approximate surface area is 145 Å². The smallest absolute Gasteiger partial charge is 0.0867 e. The summed E-state index contributed by atoms with van der Waals surface area (Å²) in [5, 5.41) is 31.1. The molecule has 0 saturated carbocycles. The van der Waals surface area contributed by atoms with Crippen molar-refractivity contribution in [2.45, 2.75) is 63.8 Å². The SMILES string of the molecule is CCCCCCC/C(=N/O)c1ccc(CCC(N)(CO)CO)cc1. The van der Waals surface area contributed by atoms with Gasteiger partial charge in [0.05, 0.1) is 24.5 Å². The van der Waals surface area contributed by atoms with Crippen molar-refractivity contribution >= 4 is 5.71 Å². The highest BCUT2D eigenvalue weighted by atomic mass is 16.4.